The van der Waals surface area contributed by atoms with Gasteiger partial charge in [-0.3, -0.25) is 0 Å². The van der Waals surface area contributed by atoms with Crippen molar-refractivity contribution in [1.29, 1.82) is 0 Å². The first-order valence-electron chi connectivity index (χ1n) is 5.93. The van der Waals surface area contributed by atoms with E-state index in [-0.39, 0.29) is 37.8 Å². The van der Waals surface area contributed by atoms with Crippen molar-refractivity contribution in [3.8, 4) is 0 Å². The zero-order chi connectivity index (χ0) is 13.0. The highest BCUT2D eigenvalue weighted by Gasteiger charge is 2.20. The number of aliphatic hydroxyl groups is 4. The van der Waals surface area contributed by atoms with Crippen LogP contribution in [-0.2, 0) is 0 Å². The van der Waals surface area contributed by atoms with Crippen LogP contribution in [0.4, 0.5) is 0 Å². The van der Waals surface area contributed by atoms with Crippen LogP contribution < -0.4 is 0 Å². The van der Waals surface area contributed by atoms with E-state index in [1.54, 1.807) is 6.92 Å². The van der Waals surface area contributed by atoms with Crippen LogP contribution in [0.5, 0.6) is 0 Å². The first-order chi connectivity index (χ1) is 7.49. The summed E-state index contributed by atoms with van der Waals surface area (Å²) in [5, 5.41) is 34.1. The maximum Gasteiger partial charge on any atom is 0.0506 e. The fraction of sp³-hybridized carbons (Fsp3) is 1.00. The summed E-state index contributed by atoms with van der Waals surface area (Å²) in [5.74, 6) is 0.0463. The molecule has 0 aliphatic carbocycles. The Hall–Kier alpha value is -0.160. The molecule has 0 saturated heterocycles. The summed E-state index contributed by atoms with van der Waals surface area (Å²) in [5.41, 5.74) is -0.254. The molecule has 100 valence electrons. The predicted octanol–water partition coefficient (Wildman–Crippen LogP) is 0.775. The summed E-state index contributed by atoms with van der Waals surface area (Å²) < 4.78 is 0. The van der Waals surface area contributed by atoms with Crippen molar-refractivity contribution in [2.45, 2.75) is 40.0 Å². The van der Waals surface area contributed by atoms with Gasteiger partial charge in [-0.1, -0.05) is 33.6 Å². The topological polar surface area (TPSA) is 80.9 Å². The molecule has 0 radical (unpaired) electrons. The molecule has 4 nitrogen and oxygen atoms in total. The molecular weight excluding hydrogens is 208 g/mol. The van der Waals surface area contributed by atoms with Gasteiger partial charge in [0.25, 0.3) is 0 Å². The molecule has 0 amide bonds. The summed E-state index contributed by atoms with van der Waals surface area (Å²) in [4.78, 5) is 0. The molecule has 4 N–H and O–H groups in total. The molecule has 4 heteroatoms. The van der Waals surface area contributed by atoms with Crippen LogP contribution in [-0.4, -0.2) is 46.9 Å². The van der Waals surface area contributed by atoms with Crippen LogP contribution in [0.15, 0.2) is 0 Å². The van der Waals surface area contributed by atoms with Gasteiger partial charge in [-0.2, -0.15) is 0 Å². The van der Waals surface area contributed by atoms with Crippen LogP contribution in [0.2, 0.25) is 0 Å². The molecule has 0 unspecified atom stereocenters. The summed E-state index contributed by atoms with van der Waals surface area (Å²) in [6.45, 7) is 6.12. The Morgan fingerprint density at radius 2 is 1.44 bits per heavy atom. The van der Waals surface area contributed by atoms with E-state index >= 15 is 0 Å². The van der Waals surface area contributed by atoms with E-state index < -0.39 is 0 Å². The van der Waals surface area contributed by atoms with E-state index in [2.05, 4.69) is 6.92 Å². The molecule has 0 aliphatic rings. The van der Waals surface area contributed by atoms with Gasteiger partial charge in [-0.15, -0.1) is 0 Å². The Morgan fingerprint density at radius 3 is 1.62 bits per heavy atom. The largest absolute Gasteiger partial charge is 0.396 e. The second kappa shape index (κ2) is 11.3. The molecule has 0 aromatic carbocycles. The lowest BCUT2D eigenvalue weighted by molar-refractivity contribution is 0.0610. The molecule has 16 heavy (non-hydrogen) atoms. The van der Waals surface area contributed by atoms with E-state index in [1.807, 2.05) is 6.92 Å². The third-order valence-electron chi connectivity index (χ3n) is 2.52. The van der Waals surface area contributed by atoms with Crippen molar-refractivity contribution in [2.24, 2.45) is 11.3 Å². The minimum atomic E-state index is -0.254. The molecule has 0 heterocycles. The Morgan fingerprint density at radius 1 is 1.00 bits per heavy atom. The van der Waals surface area contributed by atoms with E-state index in [1.165, 1.54) is 0 Å². The van der Waals surface area contributed by atoms with E-state index in [0.717, 1.165) is 19.3 Å². The molecule has 0 aromatic heterocycles. The van der Waals surface area contributed by atoms with Gasteiger partial charge in [-0.25, -0.2) is 0 Å². The fourth-order valence-corrected chi connectivity index (χ4v) is 0.869. The van der Waals surface area contributed by atoms with Gasteiger partial charge in [0.1, 0.15) is 0 Å². The van der Waals surface area contributed by atoms with E-state index in [9.17, 15) is 0 Å². The second-order valence-corrected chi connectivity index (χ2v) is 4.70. The molecule has 0 bridgehead atoms. The fourth-order valence-electron chi connectivity index (χ4n) is 0.869. The molecule has 0 fully saturated rings. The molecular formula is C12H28O4. The minimum absolute atomic E-state index is 0.0463. The maximum absolute atomic E-state index is 8.85. The maximum atomic E-state index is 8.85. The quantitative estimate of drug-likeness (QED) is 0.526. The lowest BCUT2D eigenvalue weighted by Crippen LogP contribution is -2.25. The van der Waals surface area contributed by atoms with Crippen LogP contribution in [0, 0.1) is 11.3 Å². The predicted molar refractivity (Wildman–Crippen MR) is 65.1 cm³/mol. The average molecular weight is 236 g/mol. The molecule has 0 saturated carbocycles. The van der Waals surface area contributed by atoms with Gasteiger partial charge in [0.2, 0.25) is 0 Å². The number of unbranched alkanes of at least 4 members (excludes halogenated alkanes) is 1. The Kier molecular flexibility index (Phi) is 12.9. The summed E-state index contributed by atoms with van der Waals surface area (Å²) in [6.07, 6.45) is 3.11. The molecule has 0 atom stereocenters. The monoisotopic (exact) mass is 236 g/mol. The molecule has 0 spiro atoms. The third-order valence-corrected chi connectivity index (χ3v) is 2.52. The SMILES string of the molecule is CC(CO)CO.CCCCC(C)(CO)CO. The van der Waals surface area contributed by atoms with Gasteiger partial charge in [0.05, 0.1) is 13.2 Å². The zero-order valence-corrected chi connectivity index (χ0v) is 10.8. The lowest BCUT2D eigenvalue weighted by Gasteiger charge is -2.23. The third kappa shape index (κ3) is 10.4. The van der Waals surface area contributed by atoms with Crippen LogP contribution in [0.3, 0.4) is 0 Å². The van der Waals surface area contributed by atoms with E-state index in [4.69, 9.17) is 20.4 Å². The number of hydrogen-bond donors (Lipinski definition) is 4. The normalized spacial score (nSPS) is 11.2. The van der Waals surface area contributed by atoms with Crippen molar-refractivity contribution in [1.82, 2.24) is 0 Å². The Labute approximate surface area is 98.9 Å². The first-order valence-corrected chi connectivity index (χ1v) is 5.93. The Balaban J connectivity index is 0. The highest BCUT2D eigenvalue weighted by atomic mass is 16.3. The van der Waals surface area contributed by atoms with Gasteiger partial charge in [0.15, 0.2) is 0 Å². The molecule has 0 rings (SSSR count). The summed E-state index contributed by atoms with van der Waals surface area (Å²) >= 11 is 0. The van der Waals surface area contributed by atoms with E-state index in [0.29, 0.717) is 0 Å². The van der Waals surface area contributed by atoms with Crippen LogP contribution >= 0.6 is 0 Å². The standard InChI is InChI=1S/C8H18O2.C4H10O2/c1-3-4-5-8(2,6-9)7-10;1-4(2-5)3-6/h9-10H,3-7H2,1-2H3;4-6H,2-3H2,1H3. The minimum Gasteiger partial charge on any atom is -0.396 e. The molecule has 0 aromatic rings. The van der Waals surface area contributed by atoms with Gasteiger partial charge >= 0.3 is 0 Å². The van der Waals surface area contributed by atoms with Gasteiger partial charge < -0.3 is 20.4 Å². The first kappa shape index (κ1) is 18.2. The Bertz CT molecular complexity index is 131. The summed E-state index contributed by atoms with van der Waals surface area (Å²) in [6, 6.07) is 0. The van der Waals surface area contributed by atoms with Gasteiger partial charge in [-0.05, 0) is 6.42 Å². The number of rotatable bonds is 7. The smallest absolute Gasteiger partial charge is 0.0506 e. The van der Waals surface area contributed by atoms with Crippen molar-refractivity contribution in [3.63, 3.8) is 0 Å². The van der Waals surface area contributed by atoms with Gasteiger partial charge in [0, 0.05) is 24.5 Å². The van der Waals surface area contributed by atoms with Crippen molar-refractivity contribution in [2.75, 3.05) is 26.4 Å². The summed E-state index contributed by atoms with van der Waals surface area (Å²) in [7, 11) is 0. The number of aliphatic hydroxyl groups excluding tert-OH is 4. The van der Waals surface area contributed by atoms with Crippen molar-refractivity contribution >= 4 is 0 Å². The van der Waals surface area contributed by atoms with Crippen molar-refractivity contribution < 1.29 is 20.4 Å². The average Bonchev–Trinajstić information content (AvgIpc) is 2.35. The van der Waals surface area contributed by atoms with Crippen LogP contribution in [0.25, 0.3) is 0 Å². The van der Waals surface area contributed by atoms with Crippen molar-refractivity contribution in [3.05, 3.63) is 0 Å². The zero-order valence-electron chi connectivity index (χ0n) is 10.8. The van der Waals surface area contributed by atoms with Crippen LogP contribution in [0.1, 0.15) is 40.0 Å². The molecule has 0 aliphatic heterocycles. The highest BCUT2D eigenvalue weighted by Crippen LogP contribution is 2.21. The highest BCUT2D eigenvalue weighted by molar-refractivity contribution is 4.71. The second-order valence-electron chi connectivity index (χ2n) is 4.70. The number of hydrogen-bond acceptors (Lipinski definition) is 4. The lowest BCUT2D eigenvalue weighted by atomic mass is 9.87.